The van der Waals surface area contributed by atoms with E-state index in [0.29, 0.717) is 77.9 Å². The molecule has 0 aliphatic heterocycles. The third-order valence-electron chi connectivity index (χ3n) is 7.61. The van der Waals surface area contributed by atoms with Crippen LogP contribution in [0.2, 0.25) is 10.0 Å². The molecule has 50 heavy (non-hydrogen) atoms. The Morgan fingerprint density at radius 2 is 1.26 bits per heavy atom. The van der Waals surface area contributed by atoms with Gasteiger partial charge in [-0.05, 0) is 60.2 Å². The summed E-state index contributed by atoms with van der Waals surface area (Å²) < 4.78 is 12.6. The number of carboxylic acid groups (broad SMARTS) is 2. The largest absolute Gasteiger partial charge is 0.478 e. The quantitative estimate of drug-likeness (QED) is 0.0851. The summed E-state index contributed by atoms with van der Waals surface area (Å²) in [4.78, 5) is 41.9. The summed E-state index contributed by atoms with van der Waals surface area (Å²) in [5, 5.41) is 23.6. The van der Waals surface area contributed by atoms with Crippen LogP contribution >= 0.6 is 23.2 Å². The number of nitrogens with one attached hydrogen (secondary N) is 1. The maximum Gasteiger partial charge on any atom is 0.335 e. The van der Waals surface area contributed by atoms with Gasteiger partial charge in [-0.25, -0.2) is 14.6 Å². The number of nitrogens with two attached hydrogens (primary N) is 1. The Morgan fingerprint density at radius 1 is 0.700 bits per heavy atom. The number of carbonyl (C=O) groups excluding carboxylic acids is 1. The molecule has 5 N–H and O–H groups in total. The minimum atomic E-state index is -1.28. The monoisotopic (exact) mass is 716 g/mol. The first-order chi connectivity index (χ1) is 24.1. The van der Waals surface area contributed by atoms with Gasteiger partial charge in [0.05, 0.1) is 48.9 Å². The van der Waals surface area contributed by atoms with Crippen molar-refractivity contribution in [3.8, 4) is 33.9 Å². The van der Waals surface area contributed by atoms with E-state index in [1.54, 1.807) is 36.4 Å². The highest BCUT2D eigenvalue weighted by atomic mass is 35.5. The van der Waals surface area contributed by atoms with Crippen molar-refractivity contribution in [2.45, 2.75) is 6.54 Å². The smallest absolute Gasteiger partial charge is 0.335 e. The van der Waals surface area contributed by atoms with Crippen LogP contribution in [-0.4, -0.2) is 77.1 Å². The zero-order valence-electron chi connectivity index (χ0n) is 26.8. The summed E-state index contributed by atoms with van der Waals surface area (Å²) in [7, 11) is 0. The lowest BCUT2D eigenvalue weighted by atomic mass is 10.0. The minimum Gasteiger partial charge on any atom is -0.478 e. The molecule has 13 heteroatoms. The molecule has 0 aliphatic carbocycles. The Kier molecular flexibility index (Phi) is 12.4. The summed E-state index contributed by atoms with van der Waals surface area (Å²) in [5.41, 5.74) is 9.25. The fourth-order valence-electron chi connectivity index (χ4n) is 5.23. The van der Waals surface area contributed by atoms with Crippen LogP contribution in [0.3, 0.4) is 0 Å². The SMILES string of the molecule is NCCOCCOCCNC(=O)c1ccc(Cn2c(-c3cc(C(=O)O)cc(C(=O)O)c3)nc(-c3ccc(Cl)cc3)c2-c2ccc(Cl)cc2)cc1. The van der Waals surface area contributed by atoms with Crippen LogP contribution in [0, 0.1) is 0 Å². The topological polar surface area (TPSA) is 166 Å². The zero-order valence-corrected chi connectivity index (χ0v) is 28.3. The van der Waals surface area contributed by atoms with E-state index in [1.165, 1.54) is 12.1 Å². The number of aromatic nitrogens is 2. The molecule has 5 rings (SSSR count). The van der Waals surface area contributed by atoms with Crippen molar-refractivity contribution >= 4 is 41.0 Å². The Balaban J connectivity index is 1.53. The van der Waals surface area contributed by atoms with Gasteiger partial charge in [0.2, 0.25) is 0 Å². The van der Waals surface area contributed by atoms with Gasteiger partial charge < -0.3 is 35.3 Å². The highest BCUT2D eigenvalue weighted by Gasteiger charge is 2.24. The van der Waals surface area contributed by atoms with Gasteiger partial charge in [0, 0.05) is 51.9 Å². The molecule has 4 aromatic carbocycles. The molecule has 0 unspecified atom stereocenters. The number of carboxylic acids is 2. The van der Waals surface area contributed by atoms with Gasteiger partial charge in [0.15, 0.2) is 0 Å². The van der Waals surface area contributed by atoms with Gasteiger partial charge in [-0.15, -0.1) is 0 Å². The van der Waals surface area contributed by atoms with Crippen molar-refractivity contribution in [3.05, 3.63) is 123 Å². The maximum absolute atomic E-state index is 12.8. The number of rotatable bonds is 16. The van der Waals surface area contributed by atoms with E-state index in [9.17, 15) is 24.6 Å². The molecule has 1 amide bonds. The Morgan fingerprint density at radius 3 is 1.82 bits per heavy atom. The number of ether oxygens (including phenoxy) is 2. The van der Waals surface area contributed by atoms with Gasteiger partial charge in [-0.3, -0.25) is 4.79 Å². The fraction of sp³-hybridized carbons (Fsp3) is 0.189. The van der Waals surface area contributed by atoms with E-state index in [2.05, 4.69) is 5.32 Å². The standard InChI is InChI=1S/C37H34Cl2N4O7/c38-30-9-5-24(6-10-30)32-33(25-7-11-31(39)12-8-25)43(34(42-32)27-19-28(36(45)46)21-29(20-27)37(47)48)22-23-1-3-26(4-2-23)35(44)41-14-16-50-18-17-49-15-13-40/h1-12,19-21H,13-18,22,40H2,(H,41,44)(H,45,46)(H,47,48). The summed E-state index contributed by atoms with van der Waals surface area (Å²) in [6, 6.07) is 25.3. The van der Waals surface area contributed by atoms with Crippen LogP contribution in [0.25, 0.3) is 33.9 Å². The van der Waals surface area contributed by atoms with Gasteiger partial charge in [-0.2, -0.15) is 0 Å². The van der Waals surface area contributed by atoms with Crippen molar-refractivity contribution in [2.75, 3.05) is 39.5 Å². The number of hydrogen-bond donors (Lipinski definition) is 4. The maximum atomic E-state index is 12.8. The molecular formula is C37H34Cl2N4O7. The zero-order chi connectivity index (χ0) is 35.6. The molecule has 0 fully saturated rings. The third kappa shape index (κ3) is 9.14. The van der Waals surface area contributed by atoms with Crippen LogP contribution in [0.1, 0.15) is 36.6 Å². The fourth-order valence-corrected chi connectivity index (χ4v) is 5.48. The van der Waals surface area contributed by atoms with Crippen molar-refractivity contribution in [1.82, 2.24) is 14.9 Å². The van der Waals surface area contributed by atoms with E-state index in [-0.39, 0.29) is 23.6 Å². The number of nitrogens with zero attached hydrogens (tertiary/aromatic N) is 2. The molecule has 5 aromatic rings. The van der Waals surface area contributed by atoms with Crippen LogP contribution in [0.4, 0.5) is 0 Å². The molecule has 0 spiro atoms. The number of amides is 1. The summed E-state index contributed by atoms with van der Waals surface area (Å²) in [5.74, 6) is -2.48. The predicted molar refractivity (Wildman–Crippen MR) is 191 cm³/mol. The van der Waals surface area contributed by atoms with E-state index >= 15 is 0 Å². The second kappa shape index (κ2) is 17.1. The average molecular weight is 718 g/mol. The molecule has 1 aromatic heterocycles. The van der Waals surface area contributed by atoms with Gasteiger partial charge >= 0.3 is 11.9 Å². The first-order valence-electron chi connectivity index (χ1n) is 15.6. The molecule has 0 atom stereocenters. The molecular weight excluding hydrogens is 683 g/mol. The van der Waals surface area contributed by atoms with E-state index in [4.69, 9.17) is 43.4 Å². The first kappa shape index (κ1) is 36.2. The van der Waals surface area contributed by atoms with Gasteiger partial charge in [0.25, 0.3) is 5.91 Å². The first-order valence-corrected chi connectivity index (χ1v) is 16.4. The number of aromatic carboxylic acids is 2. The summed E-state index contributed by atoms with van der Waals surface area (Å²) in [6.07, 6.45) is 0. The van der Waals surface area contributed by atoms with Crippen LogP contribution in [0.5, 0.6) is 0 Å². The van der Waals surface area contributed by atoms with Crippen LogP contribution in [-0.2, 0) is 16.0 Å². The second-order valence-corrected chi connectivity index (χ2v) is 12.0. The number of benzene rings is 4. The average Bonchev–Trinajstić information content (AvgIpc) is 3.48. The van der Waals surface area contributed by atoms with Crippen molar-refractivity contribution in [2.24, 2.45) is 5.73 Å². The molecule has 1 heterocycles. The Hall–Kier alpha value is -5.04. The lowest BCUT2D eigenvalue weighted by molar-refractivity contribution is 0.0511. The molecule has 11 nitrogen and oxygen atoms in total. The molecule has 258 valence electrons. The molecule has 0 saturated heterocycles. The number of carbonyl (C=O) groups is 3. The normalized spacial score (nSPS) is 11.0. The lowest BCUT2D eigenvalue weighted by Crippen LogP contribution is -2.27. The third-order valence-corrected chi connectivity index (χ3v) is 8.11. The van der Waals surface area contributed by atoms with Crippen LogP contribution in [0.15, 0.2) is 91.0 Å². The molecule has 0 saturated carbocycles. The highest BCUT2D eigenvalue weighted by Crippen LogP contribution is 2.38. The van der Waals surface area contributed by atoms with E-state index in [0.717, 1.165) is 22.8 Å². The van der Waals surface area contributed by atoms with Crippen molar-refractivity contribution < 1.29 is 34.1 Å². The number of hydrogen-bond acceptors (Lipinski definition) is 7. The summed E-state index contributed by atoms with van der Waals surface area (Å²) in [6.45, 7) is 2.62. The molecule has 0 bridgehead atoms. The number of imidazole rings is 1. The molecule has 0 radical (unpaired) electrons. The Bertz CT molecular complexity index is 1930. The molecule has 0 aliphatic rings. The van der Waals surface area contributed by atoms with Gasteiger partial charge in [0.1, 0.15) is 5.82 Å². The van der Waals surface area contributed by atoms with Gasteiger partial charge in [-0.1, -0.05) is 59.6 Å². The second-order valence-electron chi connectivity index (χ2n) is 11.1. The predicted octanol–water partition coefficient (Wildman–Crippen LogP) is 6.36. The van der Waals surface area contributed by atoms with Crippen molar-refractivity contribution in [1.29, 1.82) is 0 Å². The van der Waals surface area contributed by atoms with Crippen LogP contribution < -0.4 is 11.1 Å². The van der Waals surface area contributed by atoms with Crippen molar-refractivity contribution in [3.63, 3.8) is 0 Å². The minimum absolute atomic E-state index is 0.198. The number of halogens is 2. The summed E-state index contributed by atoms with van der Waals surface area (Å²) >= 11 is 12.5. The lowest BCUT2D eigenvalue weighted by Gasteiger charge is -2.15. The van der Waals surface area contributed by atoms with E-state index < -0.39 is 11.9 Å². The highest BCUT2D eigenvalue weighted by molar-refractivity contribution is 6.31. The Labute approximate surface area is 298 Å². The van der Waals surface area contributed by atoms with E-state index in [1.807, 2.05) is 41.0 Å².